The molecule has 0 fully saturated rings. The summed E-state index contributed by atoms with van der Waals surface area (Å²) >= 11 is 0. The van der Waals surface area contributed by atoms with E-state index in [-0.39, 0.29) is 69.1 Å². The van der Waals surface area contributed by atoms with Crippen LogP contribution in [0.15, 0.2) is 109 Å². The minimum Gasteiger partial charge on any atom is -0.507 e. The largest absolute Gasteiger partial charge is 2.00 e. The van der Waals surface area contributed by atoms with Gasteiger partial charge in [-0.15, -0.1) is 0 Å². The second-order valence-corrected chi connectivity index (χ2v) is 28.0. The summed E-state index contributed by atoms with van der Waals surface area (Å²) in [6, 6.07) is 40.8. The second-order valence-electron chi connectivity index (χ2n) is 28.0. The van der Waals surface area contributed by atoms with Crippen molar-refractivity contribution in [2.75, 3.05) is 0 Å². The number of aromatic hydroxyl groups is 2. The van der Waals surface area contributed by atoms with E-state index in [2.05, 4.69) is 248 Å². The summed E-state index contributed by atoms with van der Waals surface area (Å²) in [4.78, 5) is 0. The molecular weight excluding hydrogens is 945 g/mol. The van der Waals surface area contributed by atoms with Crippen molar-refractivity contribution in [3.8, 4) is 56.0 Å². The second kappa shape index (κ2) is 22.9. The number of phenols is 2. The molecule has 0 aliphatic heterocycles. The zero-order valence-corrected chi connectivity index (χ0v) is 52.5. The monoisotopic (exact) mass is 1040 g/mol. The average molecular weight is 1040 g/mol. The molecule has 6 aromatic rings. The van der Waals surface area contributed by atoms with Crippen molar-refractivity contribution in [1.29, 1.82) is 0 Å². The summed E-state index contributed by atoms with van der Waals surface area (Å²) in [7, 11) is 0. The topological polar surface area (TPSA) is 40.5 Å². The van der Waals surface area contributed by atoms with Crippen molar-refractivity contribution in [1.82, 2.24) is 0 Å². The molecule has 2 aliphatic rings. The molecule has 0 bridgehead atoms. The Bertz CT molecular complexity index is 2710. The molecule has 402 valence electrons. The van der Waals surface area contributed by atoms with Gasteiger partial charge in [0.25, 0.3) is 0 Å². The molecule has 75 heavy (non-hydrogen) atoms. The van der Waals surface area contributed by atoms with Crippen LogP contribution in [0.3, 0.4) is 0 Å². The predicted octanol–water partition coefficient (Wildman–Crippen LogP) is 20.9. The molecule has 0 unspecified atom stereocenters. The Morgan fingerprint density at radius 3 is 0.893 bits per heavy atom. The summed E-state index contributed by atoms with van der Waals surface area (Å²) in [5, 5.41) is 23.2. The van der Waals surface area contributed by atoms with Crippen LogP contribution in [0.5, 0.6) is 11.5 Å². The third-order valence-corrected chi connectivity index (χ3v) is 15.8. The van der Waals surface area contributed by atoms with Gasteiger partial charge < -0.3 is 25.1 Å². The number of hydrogen-bond donors (Lipinski definition) is 2. The van der Waals surface area contributed by atoms with E-state index in [9.17, 15) is 10.2 Å². The number of hydrogen-bond acceptors (Lipinski definition) is 2. The van der Waals surface area contributed by atoms with Crippen LogP contribution < -0.4 is 0 Å². The Hall–Kier alpha value is -4.37. The molecule has 2 aliphatic carbocycles. The summed E-state index contributed by atoms with van der Waals surface area (Å²) in [6.45, 7) is 45.4. The van der Waals surface area contributed by atoms with Gasteiger partial charge >= 0.3 is 21.7 Å². The Kier molecular flexibility index (Phi) is 19.3. The van der Waals surface area contributed by atoms with Crippen molar-refractivity contribution in [2.45, 2.75) is 197 Å². The van der Waals surface area contributed by atoms with Gasteiger partial charge in [0.05, 0.1) is 0 Å². The molecule has 0 amide bonds. The predicted molar refractivity (Wildman–Crippen MR) is 325 cm³/mol. The van der Waals surface area contributed by atoms with Crippen LogP contribution in [0.1, 0.15) is 209 Å². The number of phenolic OH excluding ortho intramolecular Hbond substituents is 2. The standard InChI is InChI=1S/2C35H46O.2CH3.Ti/c2*1-22(2)20-35(21-23(3)4)29-14-12-11-13-26(29)27-16-15-24(17-30(27)35)28-18-25(33(5,6)7)19-31(32(28)36)34(8,9)10;;;/h2*11-19,22-23,36H,20-21H2,1-10H3;2*1H3;/q;;2*-1;+2. The zero-order valence-electron chi connectivity index (χ0n) is 50.9. The quantitative estimate of drug-likeness (QED) is 0.106. The third kappa shape index (κ3) is 12.5. The minimum absolute atomic E-state index is 0. The molecule has 2 nitrogen and oxygen atoms in total. The fourth-order valence-electron chi connectivity index (χ4n) is 12.8. The van der Waals surface area contributed by atoms with Gasteiger partial charge in [-0.3, -0.25) is 0 Å². The van der Waals surface area contributed by atoms with Gasteiger partial charge in [0.15, 0.2) is 0 Å². The molecule has 0 saturated heterocycles. The molecule has 0 radical (unpaired) electrons. The first-order chi connectivity index (χ1) is 33.3. The van der Waals surface area contributed by atoms with E-state index in [1.165, 1.54) is 55.6 Å². The molecule has 0 atom stereocenters. The SMILES string of the molecule is CC(C)CC1(CC(C)C)c2ccccc2-c2ccc(-c3cc(C(C)(C)C)cc(C(C)(C)C)c3O)cc21.CC(C)CC1(CC(C)C)c2ccccc2-c2ccc(-c3cc(C(C)(C)C)cc(C(C)(C)C)c3O)cc21.[CH3-].[CH3-].[Ti+2]. The van der Waals surface area contributed by atoms with E-state index < -0.39 is 0 Å². The number of fused-ring (bicyclic) bond motifs is 6. The molecule has 2 N–H and O–H groups in total. The number of benzene rings is 6. The van der Waals surface area contributed by atoms with Gasteiger partial charge in [0.2, 0.25) is 0 Å². The molecule has 0 saturated carbocycles. The Labute approximate surface area is 473 Å². The van der Waals surface area contributed by atoms with Gasteiger partial charge in [0.1, 0.15) is 11.5 Å². The van der Waals surface area contributed by atoms with Crippen molar-refractivity contribution in [3.05, 3.63) is 169 Å². The van der Waals surface area contributed by atoms with Crippen LogP contribution in [0, 0.1) is 38.5 Å². The van der Waals surface area contributed by atoms with Gasteiger partial charge in [-0.25, -0.2) is 0 Å². The maximum Gasteiger partial charge on any atom is 2.00 e. The average Bonchev–Trinajstić information content (AvgIpc) is 3.66. The molecule has 0 heterocycles. The van der Waals surface area contributed by atoms with E-state index in [4.69, 9.17) is 0 Å². The summed E-state index contributed by atoms with van der Waals surface area (Å²) in [5.41, 5.74) is 19.7. The van der Waals surface area contributed by atoms with E-state index in [0.29, 0.717) is 35.2 Å². The van der Waals surface area contributed by atoms with Crippen LogP contribution in [-0.4, -0.2) is 10.2 Å². The molecule has 6 aromatic carbocycles. The van der Waals surface area contributed by atoms with Crippen molar-refractivity contribution in [2.24, 2.45) is 23.7 Å². The van der Waals surface area contributed by atoms with E-state index >= 15 is 0 Å². The first-order valence-corrected chi connectivity index (χ1v) is 27.6. The zero-order chi connectivity index (χ0) is 53.3. The fraction of sp³-hybridized carbons (Fsp3) is 0.472. The smallest absolute Gasteiger partial charge is 0.507 e. The summed E-state index contributed by atoms with van der Waals surface area (Å²) in [5.74, 6) is 3.16. The van der Waals surface area contributed by atoms with Crippen LogP contribution in [0.25, 0.3) is 44.5 Å². The summed E-state index contributed by atoms with van der Waals surface area (Å²) < 4.78 is 0. The Morgan fingerprint density at radius 2 is 0.627 bits per heavy atom. The van der Waals surface area contributed by atoms with Crippen molar-refractivity contribution in [3.63, 3.8) is 0 Å². The Morgan fingerprint density at radius 1 is 0.347 bits per heavy atom. The third-order valence-electron chi connectivity index (χ3n) is 15.8. The molecule has 8 rings (SSSR count). The molecular formula is C72H98O2Ti. The maximum atomic E-state index is 11.6. The van der Waals surface area contributed by atoms with Gasteiger partial charge in [-0.2, -0.15) is 0 Å². The normalized spacial score (nSPS) is 14.3. The summed E-state index contributed by atoms with van der Waals surface area (Å²) in [6.07, 6.45) is 4.50. The minimum atomic E-state index is -0.147. The molecule has 0 aromatic heterocycles. The van der Waals surface area contributed by atoms with Gasteiger partial charge in [0, 0.05) is 33.1 Å². The van der Waals surface area contributed by atoms with Crippen molar-refractivity contribution >= 4 is 0 Å². The van der Waals surface area contributed by atoms with Crippen LogP contribution in [0.4, 0.5) is 0 Å². The van der Waals surface area contributed by atoms with E-state index in [1.54, 1.807) is 0 Å². The van der Waals surface area contributed by atoms with Crippen LogP contribution in [-0.2, 0) is 54.2 Å². The van der Waals surface area contributed by atoms with E-state index in [1.807, 2.05) is 0 Å². The van der Waals surface area contributed by atoms with Crippen LogP contribution >= 0.6 is 0 Å². The van der Waals surface area contributed by atoms with Gasteiger partial charge in [-0.1, -0.05) is 223 Å². The maximum absolute atomic E-state index is 11.6. The first kappa shape index (κ1) is 63.2. The molecule has 0 spiro atoms. The van der Waals surface area contributed by atoms with Gasteiger partial charge in [-0.05, 0) is 162 Å². The number of rotatable bonds is 10. The Balaban J connectivity index is 0.000000312. The fourth-order valence-corrected chi connectivity index (χ4v) is 12.8. The first-order valence-electron chi connectivity index (χ1n) is 27.6. The van der Waals surface area contributed by atoms with E-state index in [0.717, 1.165) is 59.1 Å². The molecule has 3 heteroatoms. The van der Waals surface area contributed by atoms with Crippen molar-refractivity contribution < 1.29 is 31.9 Å². The van der Waals surface area contributed by atoms with Crippen LogP contribution in [0.2, 0.25) is 0 Å².